The molecule has 2 heterocycles. The normalized spacial score (nSPS) is 16.1. The van der Waals surface area contributed by atoms with Crippen molar-refractivity contribution in [2.45, 2.75) is 32.7 Å². The molecule has 0 bridgehead atoms. The number of para-hydroxylation sites is 1. The molecular formula is C22H31N5O3. The highest BCUT2D eigenvalue weighted by Crippen LogP contribution is 2.20. The summed E-state index contributed by atoms with van der Waals surface area (Å²) in [7, 11) is 0. The van der Waals surface area contributed by atoms with E-state index in [1.165, 1.54) is 6.92 Å². The van der Waals surface area contributed by atoms with Crippen molar-refractivity contribution < 1.29 is 14.4 Å². The van der Waals surface area contributed by atoms with E-state index in [1.54, 1.807) is 0 Å². The van der Waals surface area contributed by atoms with E-state index in [2.05, 4.69) is 20.5 Å². The number of amides is 3. The van der Waals surface area contributed by atoms with E-state index in [4.69, 9.17) is 0 Å². The number of benzene rings is 1. The highest BCUT2D eigenvalue weighted by atomic mass is 16.2. The molecule has 30 heavy (non-hydrogen) atoms. The summed E-state index contributed by atoms with van der Waals surface area (Å²) in [6, 6.07) is 7.32. The van der Waals surface area contributed by atoms with Crippen LogP contribution in [0, 0.1) is 0 Å². The fraction of sp³-hybridized carbons (Fsp3) is 0.500. The van der Waals surface area contributed by atoms with Gasteiger partial charge in [0.1, 0.15) is 6.04 Å². The van der Waals surface area contributed by atoms with Crippen LogP contribution in [0.25, 0.3) is 10.9 Å². The van der Waals surface area contributed by atoms with Gasteiger partial charge in [0.15, 0.2) is 0 Å². The summed E-state index contributed by atoms with van der Waals surface area (Å²) >= 11 is 0. The largest absolute Gasteiger partial charge is 0.361 e. The highest BCUT2D eigenvalue weighted by molar-refractivity contribution is 5.89. The maximum Gasteiger partial charge on any atom is 0.245 e. The smallest absolute Gasteiger partial charge is 0.245 e. The molecule has 1 saturated heterocycles. The number of fused-ring (bicyclic) bond motifs is 1. The molecule has 8 heteroatoms. The zero-order valence-corrected chi connectivity index (χ0v) is 17.7. The van der Waals surface area contributed by atoms with Crippen LogP contribution in [0.15, 0.2) is 30.5 Å². The number of aromatic amines is 1. The Morgan fingerprint density at radius 3 is 2.70 bits per heavy atom. The number of nitrogens with zero attached hydrogens (tertiary/aromatic N) is 2. The van der Waals surface area contributed by atoms with Gasteiger partial charge in [-0.25, -0.2) is 0 Å². The molecule has 3 rings (SSSR count). The Hall–Kier alpha value is -2.87. The van der Waals surface area contributed by atoms with Crippen molar-refractivity contribution in [1.82, 2.24) is 25.4 Å². The lowest BCUT2D eigenvalue weighted by Crippen LogP contribution is -2.50. The van der Waals surface area contributed by atoms with E-state index in [1.807, 2.05) is 42.3 Å². The molecule has 8 nitrogen and oxygen atoms in total. The van der Waals surface area contributed by atoms with E-state index in [0.29, 0.717) is 39.1 Å². The summed E-state index contributed by atoms with van der Waals surface area (Å²) in [6.45, 7) is 6.88. The minimum absolute atomic E-state index is 0.00716. The molecular weight excluding hydrogens is 382 g/mol. The van der Waals surface area contributed by atoms with Gasteiger partial charge >= 0.3 is 0 Å². The average Bonchev–Trinajstić information content (AvgIpc) is 2.97. The molecule has 3 amide bonds. The molecule has 1 aromatic heterocycles. The van der Waals surface area contributed by atoms with E-state index in [-0.39, 0.29) is 17.7 Å². The molecule has 0 radical (unpaired) electrons. The summed E-state index contributed by atoms with van der Waals surface area (Å²) in [5, 5.41) is 6.71. The van der Waals surface area contributed by atoms with Crippen LogP contribution in [0.3, 0.4) is 0 Å². The third-order valence-corrected chi connectivity index (χ3v) is 5.42. The van der Waals surface area contributed by atoms with Crippen LogP contribution < -0.4 is 10.6 Å². The van der Waals surface area contributed by atoms with Gasteiger partial charge in [0.05, 0.1) is 6.54 Å². The second-order valence-electron chi connectivity index (χ2n) is 7.73. The SMILES string of the molecule is CCNC(=O)CN1CCCN(C(=O)C(Cc2c[nH]c3ccccc23)NC(C)=O)CC1. The molecule has 1 aromatic carbocycles. The van der Waals surface area contributed by atoms with Crippen LogP contribution in [0.1, 0.15) is 25.8 Å². The Bertz CT molecular complexity index is 894. The second-order valence-corrected chi connectivity index (χ2v) is 7.73. The van der Waals surface area contributed by atoms with Gasteiger partial charge in [-0.1, -0.05) is 18.2 Å². The highest BCUT2D eigenvalue weighted by Gasteiger charge is 2.28. The Labute approximate surface area is 177 Å². The minimum atomic E-state index is -0.614. The van der Waals surface area contributed by atoms with Crippen molar-refractivity contribution in [3.8, 4) is 0 Å². The van der Waals surface area contributed by atoms with E-state index >= 15 is 0 Å². The van der Waals surface area contributed by atoms with Crippen LogP contribution in [-0.4, -0.2) is 77.8 Å². The topological polar surface area (TPSA) is 97.5 Å². The number of rotatable bonds is 7. The first kappa shape index (κ1) is 21.8. The zero-order chi connectivity index (χ0) is 21.5. The van der Waals surface area contributed by atoms with Crippen molar-refractivity contribution in [2.24, 2.45) is 0 Å². The van der Waals surface area contributed by atoms with Gasteiger partial charge in [-0.15, -0.1) is 0 Å². The van der Waals surface area contributed by atoms with Crippen molar-refractivity contribution >= 4 is 28.6 Å². The first-order valence-electron chi connectivity index (χ1n) is 10.6. The van der Waals surface area contributed by atoms with Gasteiger partial charge < -0.3 is 20.5 Å². The maximum atomic E-state index is 13.3. The fourth-order valence-electron chi connectivity index (χ4n) is 3.99. The molecule has 0 saturated carbocycles. The van der Waals surface area contributed by atoms with Gasteiger partial charge in [0, 0.05) is 63.2 Å². The van der Waals surface area contributed by atoms with E-state index < -0.39 is 6.04 Å². The molecule has 3 N–H and O–H groups in total. The zero-order valence-electron chi connectivity index (χ0n) is 17.7. The fourth-order valence-corrected chi connectivity index (χ4v) is 3.99. The summed E-state index contributed by atoms with van der Waals surface area (Å²) in [5.41, 5.74) is 2.02. The third kappa shape index (κ3) is 5.60. The summed E-state index contributed by atoms with van der Waals surface area (Å²) in [4.78, 5) is 44.1. The Morgan fingerprint density at radius 1 is 1.13 bits per heavy atom. The van der Waals surface area contributed by atoms with Crippen molar-refractivity contribution in [2.75, 3.05) is 39.3 Å². The lowest BCUT2D eigenvalue weighted by atomic mass is 10.0. The lowest BCUT2D eigenvalue weighted by Gasteiger charge is -2.27. The van der Waals surface area contributed by atoms with Crippen LogP contribution in [-0.2, 0) is 20.8 Å². The monoisotopic (exact) mass is 413 g/mol. The summed E-state index contributed by atoms with van der Waals surface area (Å²) in [5.74, 6) is -0.288. The van der Waals surface area contributed by atoms with Crippen LogP contribution >= 0.6 is 0 Å². The number of hydrogen-bond donors (Lipinski definition) is 3. The molecule has 1 aliphatic heterocycles. The van der Waals surface area contributed by atoms with Crippen LogP contribution in [0.4, 0.5) is 0 Å². The Balaban J connectivity index is 1.67. The molecule has 162 valence electrons. The van der Waals surface area contributed by atoms with Gasteiger partial charge in [0.2, 0.25) is 17.7 Å². The van der Waals surface area contributed by atoms with Crippen molar-refractivity contribution in [1.29, 1.82) is 0 Å². The predicted octanol–water partition coefficient (Wildman–Crippen LogP) is 0.886. The molecule has 1 aliphatic rings. The Kier molecular flexibility index (Phi) is 7.46. The number of aromatic nitrogens is 1. The first-order valence-corrected chi connectivity index (χ1v) is 10.6. The first-order chi connectivity index (χ1) is 14.5. The van der Waals surface area contributed by atoms with Crippen molar-refractivity contribution in [3.63, 3.8) is 0 Å². The quantitative estimate of drug-likeness (QED) is 0.628. The van der Waals surface area contributed by atoms with Gasteiger partial charge in [-0.2, -0.15) is 0 Å². The molecule has 1 unspecified atom stereocenters. The maximum absolute atomic E-state index is 13.3. The molecule has 2 aromatic rings. The van der Waals surface area contributed by atoms with Crippen LogP contribution in [0.2, 0.25) is 0 Å². The number of carbonyl (C=O) groups is 3. The number of likely N-dealkylation sites (N-methyl/N-ethyl adjacent to an activating group) is 1. The standard InChI is InChI=1S/C22H31N5O3/c1-3-23-21(29)15-26-9-6-10-27(12-11-26)22(30)20(25-16(2)28)13-17-14-24-19-8-5-4-7-18(17)19/h4-5,7-8,14,20,24H,3,6,9-13,15H2,1-2H3,(H,23,29)(H,25,28). The van der Waals surface area contributed by atoms with E-state index in [9.17, 15) is 14.4 Å². The Morgan fingerprint density at radius 2 is 1.93 bits per heavy atom. The molecule has 1 fully saturated rings. The van der Waals surface area contributed by atoms with Crippen LogP contribution in [0.5, 0.6) is 0 Å². The summed E-state index contributed by atoms with van der Waals surface area (Å²) < 4.78 is 0. The number of H-pyrrole nitrogens is 1. The van der Waals surface area contributed by atoms with Gasteiger partial charge in [-0.3, -0.25) is 19.3 Å². The van der Waals surface area contributed by atoms with E-state index in [0.717, 1.165) is 29.4 Å². The predicted molar refractivity (Wildman–Crippen MR) is 116 cm³/mol. The number of carbonyl (C=O) groups excluding carboxylic acids is 3. The summed E-state index contributed by atoms with van der Waals surface area (Å²) in [6.07, 6.45) is 3.13. The van der Waals surface area contributed by atoms with Gasteiger partial charge in [0.25, 0.3) is 0 Å². The molecule has 0 spiro atoms. The molecule has 1 atom stereocenters. The number of nitrogens with one attached hydrogen (secondary N) is 3. The third-order valence-electron chi connectivity index (χ3n) is 5.42. The molecule has 0 aliphatic carbocycles. The average molecular weight is 414 g/mol. The lowest BCUT2D eigenvalue weighted by molar-refractivity contribution is -0.136. The van der Waals surface area contributed by atoms with Crippen molar-refractivity contribution in [3.05, 3.63) is 36.0 Å². The minimum Gasteiger partial charge on any atom is -0.361 e. The number of hydrogen-bond acceptors (Lipinski definition) is 4. The second kappa shape index (κ2) is 10.2. The van der Waals surface area contributed by atoms with Gasteiger partial charge in [-0.05, 0) is 25.0 Å².